The van der Waals surface area contributed by atoms with Crippen molar-refractivity contribution in [3.63, 3.8) is 0 Å². The zero-order valence-corrected chi connectivity index (χ0v) is 34.9. The van der Waals surface area contributed by atoms with Crippen molar-refractivity contribution in [2.24, 2.45) is 11.5 Å². The van der Waals surface area contributed by atoms with Crippen LogP contribution in [0.2, 0.25) is 0 Å². The van der Waals surface area contributed by atoms with Gasteiger partial charge in [-0.3, -0.25) is 24.0 Å². The van der Waals surface area contributed by atoms with E-state index in [0.29, 0.717) is 44.5 Å². The van der Waals surface area contributed by atoms with Crippen LogP contribution >= 0.6 is 0 Å². The number of carbonyl (C=O) groups is 7. The van der Waals surface area contributed by atoms with E-state index in [-0.39, 0.29) is 49.9 Å². The second-order valence-electron chi connectivity index (χ2n) is 13.7. The minimum atomic E-state index is -0.837. The number of anilines is 1. The van der Waals surface area contributed by atoms with Crippen LogP contribution in [0.5, 0.6) is 0 Å². The summed E-state index contributed by atoms with van der Waals surface area (Å²) in [4.78, 5) is 91.0. The maximum Gasteiger partial charge on any atom is 0.328 e. The van der Waals surface area contributed by atoms with E-state index < -0.39 is 48.0 Å². The van der Waals surface area contributed by atoms with E-state index in [2.05, 4.69) is 35.0 Å². The number of carbonyl (C=O) groups excluding carboxylic acids is 7. The highest BCUT2D eigenvalue weighted by atomic mass is 16.5. The van der Waals surface area contributed by atoms with Gasteiger partial charge in [0.05, 0.1) is 13.0 Å². The summed E-state index contributed by atoms with van der Waals surface area (Å²) in [5.41, 5.74) is 12.9. The lowest BCUT2D eigenvalue weighted by Gasteiger charge is -2.38. The zero-order valence-electron chi connectivity index (χ0n) is 34.9. The van der Waals surface area contributed by atoms with E-state index in [4.69, 9.17) is 16.2 Å². The number of nitrogens with one attached hydrogen (secondary N) is 3. The lowest BCUT2D eigenvalue weighted by atomic mass is 9.99. The molecule has 0 aromatic heterocycles. The molecule has 2 aromatic carbocycles. The molecule has 0 saturated carbocycles. The summed E-state index contributed by atoms with van der Waals surface area (Å²) in [6, 6.07) is 15.4. The Labute approximate surface area is 342 Å². The fraction of sp³-hybridized carbons (Fsp3) is 0.548. The Bertz CT molecular complexity index is 1630. The number of primary amides is 1. The van der Waals surface area contributed by atoms with Gasteiger partial charge in [-0.25, -0.2) is 9.59 Å². The fourth-order valence-electron chi connectivity index (χ4n) is 6.81. The molecule has 2 aromatic rings. The van der Waals surface area contributed by atoms with Gasteiger partial charge in [-0.05, 0) is 64.5 Å². The second kappa shape index (κ2) is 25.7. The number of benzene rings is 2. The van der Waals surface area contributed by atoms with Gasteiger partial charge in [0.2, 0.25) is 29.5 Å². The maximum atomic E-state index is 13.5. The van der Waals surface area contributed by atoms with E-state index in [0.717, 1.165) is 12.8 Å². The van der Waals surface area contributed by atoms with E-state index >= 15 is 0 Å². The topological polar surface area (TPSA) is 227 Å². The molecular formula is C42H64N8O8. The number of nitrogens with two attached hydrogens (primary N) is 2. The molecule has 4 saturated heterocycles. The third-order valence-electron chi connectivity index (χ3n) is 9.52. The normalized spacial score (nSPS) is 23.1. The number of hydrogen-bond donors (Lipinski definition) is 5. The summed E-state index contributed by atoms with van der Waals surface area (Å²) in [7, 11) is 0. The van der Waals surface area contributed by atoms with E-state index in [1.165, 1.54) is 15.4 Å². The Morgan fingerprint density at radius 1 is 0.793 bits per heavy atom. The Balaban J connectivity index is 0.000000380. The Kier molecular flexibility index (Phi) is 21.5. The van der Waals surface area contributed by atoms with Crippen LogP contribution in [0.3, 0.4) is 0 Å². The molecule has 320 valence electrons. The lowest BCUT2D eigenvalue weighted by Crippen LogP contribution is -2.59. The summed E-state index contributed by atoms with van der Waals surface area (Å²) in [6.07, 6.45) is 3.43. The van der Waals surface area contributed by atoms with E-state index in [1.54, 1.807) is 36.1 Å². The van der Waals surface area contributed by atoms with Crippen LogP contribution in [0.15, 0.2) is 60.7 Å². The molecule has 0 aliphatic carbocycles. The molecule has 16 nitrogen and oxygen atoms in total. The number of urea groups is 1. The van der Waals surface area contributed by atoms with Crippen molar-refractivity contribution in [3.8, 4) is 0 Å². The average Bonchev–Trinajstić information content (AvgIpc) is 3.89. The largest absolute Gasteiger partial charge is 0.464 e. The van der Waals surface area contributed by atoms with Crippen LogP contribution in [-0.4, -0.2) is 119 Å². The van der Waals surface area contributed by atoms with Crippen molar-refractivity contribution in [2.45, 2.75) is 117 Å². The third-order valence-corrected chi connectivity index (χ3v) is 9.52. The lowest BCUT2D eigenvalue weighted by molar-refractivity contribution is -0.156. The molecule has 16 heteroatoms. The highest BCUT2D eigenvalue weighted by molar-refractivity contribution is 5.96. The molecule has 4 heterocycles. The number of ether oxygens (including phenoxy) is 1. The van der Waals surface area contributed by atoms with Crippen LogP contribution in [0.25, 0.3) is 0 Å². The number of para-hydroxylation sites is 1. The molecule has 4 fully saturated rings. The van der Waals surface area contributed by atoms with Crippen molar-refractivity contribution in [1.82, 2.24) is 25.3 Å². The van der Waals surface area contributed by atoms with Gasteiger partial charge in [-0.15, -0.1) is 0 Å². The van der Waals surface area contributed by atoms with Gasteiger partial charge in [0.25, 0.3) is 0 Å². The summed E-state index contributed by atoms with van der Waals surface area (Å²) in [5, 5.41) is 7.60. The summed E-state index contributed by atoms with van der Waals surface area (Å²) in [5.74, 6) is -2.48. The first-order valence-electron chi connectivity index (χ1n) is 20.4. The fourth-order valence-corrected chi connectivity index (χ4v) is 6.81. The first kappa shape index (κ1) is 48.6. The third kappa shape index (κ3) is 15.1. The minimum Gasteiger partial charge on any atom is -0.464 e. The average molecular weight is 809 g/mol. The monoisotopic (exact) mass is 808 g/mol. The first-order chi connectivity index (χ1) is 27.8. The minimum absolute atomic E-state index is 0.0662. The van der Waals surface area contributed by atoms with Crippen LogP contribution in [0.1, 0.15) is 85.1 Å². The van der Waals surface area contributed by atoms with Gasteiger partial charge in [0, 0.05) is 31.4 Å². The van der Waals surface area contributed by atoms with Gasteiger partial charge in [0.1, 0.15) is 30.8 Å². The molecule has 0 spiro atoms. The van der Waals surface area contributed by atoms with Crippen molar-refractivity contribution >= 4 is 47.2 Å². The second-order valence-corrected chi connectivity index (χ2v) is 13.7. The highest BCUT2D eigenvalue weighted by Gasteiger charge is 2.44. The van der Waals surface area contributed by atoms with Gasteiger partial charge in [-0.2, -0.15) is 0 Å². The van der Waals surface area contributed by atoms with Crippen LogP contribution < -0.4 is 27.4 Å². The number of aryl methyl sites for hydroxylation is 1. The number of esters is 1. The first-order valence-corrected chi connectivity index (χ1v) is 20.4. The number of rotatable bonds is 3. The number of fused-ring (bicyclic) bond motifs is 3. The SMILES string of the molecule is CC.CC.CC1NC(=O)C2CCCCN2C(=O)C2CC(N)CN2C(=O)CCOC(=O)C2CCCN2C1=O.Cc1ccccc1.NC(=O)CNC(=O)Nc1ccccc1. The number of hydrogen-bond acceptors (Lipinski definition) is 9. The van der Waals surface area contributed by atoms with Crippen LogP contribution in [0.4, 0.5) is 10.5 Å². The molecule has 7 amide bonds. The quantitative estimate of drug-likeness (QED) is 0.287. The Morgan fingerprint density at radius 3 is 1.98 bits per heavy atom. The summed E-state index contributed by atoms with van der Waals surface area (Å²) < 4.78 is 5.33. The predicted molar refractivity (Wildman–Crippen MR) is 222 cm³/mol. The Morgan fingerprint density at radius 2 is 1.38 bits per heavy atom. The van der Waals surface area contributed by atoms with Crippen LogP contribution in [-0.2, 0) is 33.5 Å². The van der Waals surface area contributed by atoms with Gasteiger partial charge < -0.3 is 46.9 Å². The molecule has 5 unspecified atom stereocenters. The van der Waals surface area contributed by atoms with Crippen LogP contribution in [0, 0.1) is 6.92 Å². The van der Waals surface area contributed by atoms with Gasteiger partial charge in [-0.1, -0.05) is 81.8 Å². The molecule has 7 N–H and O–H groups in total. The number of nitrogens with zero attached hydrogens (tertiary/aromatic N) is 3. The van der Waals surface area contributed by atoms with Gasteiger partial charge >= 0.3 is 12.0 Å². The molecule has 5 atom stereocenters. The molecule has 0 radical (unpaired) electrons. The summed E-state index contributed by atoms with van der Waals surface area (Å²) in [6.45, 7) is 12.4. The van der Waals surface area contributed by atoms with Crippen molar-refractivity contribution in [3.05, 3.63) is 66.2 Å². The predicted octanol–water partition coefficient (Wildman–Crippen LogP) is 3.08. The summed E-state index contributed by atoms with van der Waals surface area (Å²) >= 11 is 0. The zero-order chi connectivity index (χ0) is 43.2. The van der Waals surface area contributed by atoms with Crippen molar-refractivity contribution < 1.29 is 38.3 Å². The number of piperidine rings is 1. The Hall–Kier alpha value is -5.51. The van der Waals surface area contributed by atoms with Crippen molar-refractivity contribution in [1.29, 1.82) is 0 Å². The molecular weight excluding hydrogens is 745 g/mol. The number of amides is 7. The molecule has 6 rings (SSSR count). The number of cyclic esters (lactones) is 1. The smallest absolute Gasteiger partial charge is 0.328 e. The molecule has 58 heavy (non-hydrogen) atoms. The molecule has 4 aliphatic heterocycles. The van der Waals surface area contributed by atoms with E-state index in [9.17, 15) is 33.6 Å². The maximum absolute atomic E-state index is 13.5. The molecule has 4 aliphatic rings. The van der Waals surface area contributed by atoms with Gasteiger partial charge in [0.15, 0.2) is 0 Å². The molecule has 0 bridgehead atoms. The standard InChI is InChI=1S/C22H33N5O6.C9H11N3O2.C7H8.2C2H6/c1-13-20(30)26-9-4-6-16(26)22(32)33-10-7-18(28)27-12-14(23)11-17(27)21(31)25-8-3-2-5-15(25)19(29)24-13;10-8(13)6-11-9(14)12-7-4-2-1-3-5-7;1-7-5-3-2-4-6-7;2*1-2/h13-17H,2-12,23H2,1H3,(H,24,29);1-5H,6H2,(H2,10,13)(H2,11,12,14);2-6H,1H3;2*1-2H3. The van der Waals surface area contributed by atoms with Crippen molar-refractivity contribution in [2.75, 3.05) is 38.1 Å². The highest BCUT2D eigenvalue weighted by Crippen LogP contribution is 2.26. The van der Waals surface area contributed by atoms with E-state index in [1.807, 2.05) is 52.0 Å².